The second kappa shape index (κ2) is 8.03. The molecule has 0 saturated heterocycles. The predicted octanol–water partition coefficient (Wildman–Crippen LogP) is 4.80. The number of hydrogen-bond acceptors (Lipinski definition) is 3. The second-order valence-corrected chi connectivity index (χ2v) is 5.86. The number of Topliss-reactive ketones (excluding diaryl/α,β-unsaturated/α-hetero) is 1. The molecule has 26 heavy (non-hydrogen) atoms. The van der Waals surface area contributed by atoms with Gasteiger partial charge in [-0.15, -0.1) is 13.2 Å². The number of benzene rings is 2. The molecule has 0 aliphatic heterocycles. The van der Waals surface area contributed by atoms with Crippen LogP contribution in [0.4, 0.5) is 18.9 Å². The molecule has 2 aromatic rings. The molecule has 0 aliphatic carbocycles. The minimum absolute atomic E-state index is 0.0208. The largest absolute Gasteiger partial charge is 0.573 e. The van der Waals surface area contributed by atoms with Gasteiger partial charge in [-0.05, 0) is 49.7 Å². The van der Waals surface area contributed by atoms with Crippen molar-refractivity contribution in [3.63, 3.8) is 0 Å². The van der Waals surface area contributed by atoms with E-state index in [1.54, 1.807) is 6.07 Å². The van der Waals surface area contributed by atoms with E-state index in [2.05, 4.69) is 10.1 Å². The molecule has 0 atom stereocenters. The SMILES string of the molecule is Cc1ccc(C)c(C(=O)CCC(=O)Nc2ccc(OC(F)(F)F)cc2)c1. The number of nitrogens with one attached hydrogen (secondary N) is 1. The van der Waals surface area contributed by atoms with Gasteiger partial charge < -0.3 is 10.1 Å². The van der Waals surface area contributed by atoms with Crippen molar-refractivity contribution in [2.24, 2.45) is 0 Å². The maximum absolute atomic E-state index is 12.2. The number of anilines is 1. The third kappa shape index (κ3) is 5.91. The Hall–Kier alpha value is -2.83. The van der Waals surface area contributed by atoms with E-state index < -0.39 is 12.3 Å². The number of hydrogen-bond donors (Lipinski definition) is 1. The first kappa shape index (κ1) is 19.5. The van der Waals surface area contributed by atoms with E-state index in [1.807, 2.05) is 26.0 Å². The van der Waals surface area contributed by atoms with Gasteiger partial charge in [0.2, 0.25) is 5.91 Å². The lowest BCUT2D eigenvalue weighted by Gasteiger charge is -2.10. The summed E-state index contributed by atoms with van der Waals surface area (Å²) >= 11 is 0. The molecular weight excluding hydrogens is 347 g/mol. The van der Waals surface area contributed by atoms with Gasteiger partial charge in [0.15, 0.2) is 5.78 Å². The molecule has 0 bridgehead atoms. The number of carbonyl (C=O) groups is 2. The fourth-order valence-corrected chi connectivity index (χ4v) is 2.36. The highest BCUT2D eigenvalue weighted by Gasteiger charge is 2.30. The van der Waals surface area contributed by atoms with E-state index >= 15 is 0 Å². The van der Waals surface area contributed by atoms with Crippen LogP contribution < -0.4 is 10.1 Å². The van der Waals surface area contributed by atoms with Crippen LogP contribution in [-0.4, -0.2) is 18.1 Å². The maximum atomic E-state index is 12.2. The smallest absolute Gasteiger partial charge is 0.406 e. The minimum atomic E-state index is -4.76. The number of ketones is 1. The van der Waals surface area contributed by atoms with E-state index in [0.29, 0.717) is 11.3 Å². The van der Waals surface area contributed by atoms with Gasteiger partial charge in [0.1, 0.15) is 5.75 Å². The van der Waals surface area contributed by atoms with Gasteiger partial charge in [-0.2, -0.15) is 0 Å². The molecular formula is C19H18F3NO3. The molecule has 2 aromatic carbocycles. The number of ether oxygens (including phenoxy) is 1. The highest BCUT2D eigenvalue weighted by Crippen LogP contribution is 2.24. The minimum Gasteiger partial charge on any atom is -0.406 e. The number of alkyl halides is 3. The molecule has 0 heterocycles. The summed E-state index contributed by atoms with van der Waals surface area (Å²) in [6, 6.07) is 10.3. The molecule has 0 radical (unpaired) electrons. The molecule has 0 saturated carbocycles. The van der Waals surface area contributed by atoms with E-state index in [-0.39, 0.29) is 24.4 Å². The zero-order valence-electron chi connectivity index (χ0n) is 14.3. The van der Waals surface area contributed by atoms with E-state index in [9.17, 15) is 22.8 Å². The lowest BCUT2D eigenvalue weighted by atomic mass is 9.99. The average molecular weight is 365 g/mol. The predicted molar refractivity (Wildman–Crippen MR) is 91.2 cm³/mol. The summed E-state index contributed by atoms with van der Waals surface area (Å²) in [6.07, 6.45) is -4.74. The van der Waals surface area contributed by atoms with Crippen LogP contribution in [0.15, 0.2) is 42.5 Å². The van der Waals surface area contributed by atoms with Crippen molar-refractivity contribution in [2.75, 3.05) is 5.32 Å². The molecule has 0 aliphatic rings. The zero-order chi connectivity index (χ0) is 19.3. The van der Waals surface area contributed by atoms with Gasteiger partial charge in [0.25, 0.3) is 0 Å². The molecule has 138 valence electrons. The van der Waals surface area contributed by atoms with Crippen molar-refractivity contribution in [3.05, 3.63) is 59.2 Å². The van der Waals surface area contributed by atoms with E-state index in [1.165, 1.54) is 12.1 Å². The summed E-state index contributed by atoms with van der Waals surface area (Å²) in [4.78, 5) is 24.2. The lowest BCUT2D eigenvalue weighted by Crippen LogP contribution is -2.17. The molecule has 1 N–H and O–H groups in total. The number of carbonyl (C=O) groups excluding carboxylic acids is 2. The van der Waals surface area contributed by atoms with Crippen molar-refractivity contribution >= 4 is 17.4 Å². The van der Waals surface area contributed by atoms with Gasteiger partial charge in [-0.25, -0.2) is 0 Å². The second-order valence-electron chi connectivity index (χ2n) is 5.86. The molecule has 0 unspecified atom stereocenters. The summed E-state index contributed by atoms with van der Waals surface area (Å²) in [5.74, 6) is -0.899. The van der Waals surface area contributed by atoms with Crippen molar-refractivity contribution in [1.29, 1.82) is 0 Å². The Morgan fingerprint density at radius 2 is 1.65 bits per heavy atom. The Balaban J connectivity index is 1.88. The Labute approximate surface area is 149 Å². The Morgan fingerprint density at radius 3 is 2.27 bits per heavy atom. The fourth-order valence-electron chi connectivity index (χ4n) is 2.36. The van der Waals surface area contributed by atoms with Crippen LogP contribution in [0.3, 0.4) is 0 Å². The number of halogens is 3. The Morgan fingerprint density at radius 1 is 1.00 bits per heavy atom. The van der Waals surface area contributed by atoms with Crippen LogP contribution >= 0.6 is 0 Å². The average Bonchev–Trinajstić information content (AvgIpc) is 2.55. The molecule has 0 fully saturated rings. The van der Waals surface area contributed by atoms with Crippen molar-refractivity contribution < 1.29 is 27.5 Å². The third-order valence-corrected chi connectivity index (χ3v) is 3.64. The molecule has 0 spiro atoms. The van der Waals surface area contributed by atoms with Crippen LogP contribution in [0.5, 0.6) is 5.75 Å². The third-order valence-electron chi connectivity index (χ3n) is 3.64. The summed E-state index contributed by atoms with van der Waals surface area (Å²) in [7, 11) is 0. The van der Waals surface area contributed by atoms with Gasteiger partial charge in [-0.3, -0.25) is 9.59 Å². The van der Waals surface area contributed by atoms with Gasteiger partial charge in [-0.1, -0.05) is 17.7 Å². The molecule has 2 rings (SSSR count). The zero-order valence-corrected chi connectivity index (χ0v) is 14.3. The summed E-state index contributed by atoms with van der Waals surface area (Å²) in [5, 5.41) is 2.54. The highest BCUT2D eigenvalue weighted by molar-refractivity contribution is 6.01. The van der Waals surface area contributed by atoms with Crippen molar-refractivity contribution in [2.45, 2.75) is 33.1 Å². The van der Waals surface area contributed by atoms with Crippen LogP contribution in [0, 0.1) is 13.8 Å². The quantitative estimate of drug-likeness (QED) is 0.748. The van der Waals surface area contributed by atoms with Crippen LogP contribution in [0.25, 0.3) is 0 Å². The first-order valence-corrected chi connectivity index (χ1v) is 7.90. The molecule has 4 nitrogen and oxygen atoms in total. The molecule has 7 heteroatoms. The highest BCUT2D eigenvalue weighted by atomic mass is 19.4. The van der Waals surface area contributed by atoms with Gasteiger partial charge >= 0.3 is 6.36 Å². The monoisotopic (exact) mass is 365 g/mol. The van der Waals surface area contributed by atoms with Crippen LogP contribution in [0.1, 0.15) is 34.3 Å². The van der Waals surface area contributed by atoms with Crippen molar-refractivity contribution in [1.82, 2.24) is 0 Å². The molecule has 0 aromatic heterocycles. The van der Waals surface area contributed by atoms with Crippen molar-refractivity contribution in [3.8, 4) is 5.75 Å². The Kier molecular flexibility index (Phi) is 6.02. The fraction of sp³-hybridized carbons (Fsp3) is 0.263. The number of aryl methyl sites for hydroxylation is 2. The summed E-state index contributed by atoms with van der Waals surface area (Å²) < 4.78 is 40.0. The van der Waals surface area contributed by atoms with E-state index in [0.717, 1.165) is 23.3 Å². The lowest BCUT2D eigenvalue weighted by molar-refractivity contribution is -0.274. The summed E-state index contributed by atoms with van der Waals surface area (Å²) in [5.41, 5.74) is 2.72. The normalized spacial score (nSPS) is 11.1. The van der Waals surface area contributed by atoms with Gasteiger partial charge in [0, 0.05) is 24.1 Å². The topological polar surface area (TPSA) is 55.4 Å². The first-order chi connectivity index (χ1) is 12.1. The number of amides is 1. The number of rotatable bonds is 6. The van der Waals surface area contributed by atoms with Crippen LogP contribution in [-0.2, 0) is 4.79 Å². The van der Waals surface area contributed by atoms with Gasteiger partial charge in [0.05, 0.1) is 0 Å². The molecule has 1 amide bonds. The standard InChI is InChI=1S/C19H18F3NO3/c1-12-3-4-13(2)16(11-12)17(24)9-10-18(25)23-14-5-7-15(8-6-14)26-19(20,21)22/h3-8,11H,9-10H2,1-2H3,(H,23,25). The first-order valence-electron chi connectivity index (χ1n) is 7.90. The van der Waals surface area contributed by atoms with Crippen LogP contribution in [0.2, 0.25) is 0 Å². The Bertz CT molecular complexity index is 799. The summed E-state index contributed by atoms with van der Waals surface area (Å²) in [6.45, 7) is 3.71. The maximum Gasteiger partial charge on any atom is 0.573 e. The van der Waals surface area contributed by atoms with E-state index in [4.69, 9.17) is 0 Å².